The zero-order chi connectivity index (χ0) is 10.7. The second-order valence-corrected chi connectivity index (χ2v) is 3.61. The third kappa shape index (κ3) is 2.23. The van der Waals surface area contributed by atoms with Crippen LogP contribution < -0.4 is 5.73 Å². The van der Waals surface area contributed by atoms with Gasteiger partial charge in [0.05, 0.1) is 6.10 Å². The Hall–Kier alpha value is -0.650. The van der Waals surface area contributed by atoms with E-state index in [4.69, 9.17) is 5.73 Å². The Morgan fingerprint density at radius 2 is 2.14 bits per heavy atom. The number of nitrogens with two attached hydrogens (primary N) is 1. The molecule has 1 unspecified atom stereocenters. The molecule has 0 fully saturated rings. The summed E-state index contributed by atoms with van der Waals surface area (Å²) in [5, 5.41) is 9.31. The van der Waals surface area contributed by atoms with Gasteiger partial charge in [0.15, 0.2) is 0 Å². The first-order valence-corrected chi connectivity index (χ1v) is 5.23. The molecule has 3 N–H and O–H groups in total. The highest BCUT2D eigenvalue weighted by Crippen LogP contribution is 2.26. The summed E-state index contributed by atoms with van der Waals surface area (Å²) in [7, 11) is 0. The van der Waals surface area contributed by atoms with Crippen LogP contribution in [0.25, 0.3) is 0 Å². The largest absolute Gasteiger partial charge is 0.387 e. The van der Waals surface area contributed by atoms with Gasteiger partial charge in [0.25, 0.3) is 0 Å². The molecule has 5 heteroatoms. The first-order valence-electron chi connectivity index (χ1n) is 4.01. The molecule has 0 saturated heterocycles. The smallest absolute Gasteiger partial charge is 0.142 e. The van der Waals surface area contributed by atoms with E-state index in [1.54, 1.807) is 6.26 Å². The van der Waals surface area contributed by atoms with Crippen molar-refractivity contribution in [3.63, 3.8) is 0 Å². The van der Waals surface area contributed by atoms with E-state index in [0.29, 0.717) is 0 Å². The number of benzene rings is 1. The van der Waals surface area contributed by atoms with Crippen molar-refractivity contribution in [1.82, 2.24) is 0 Å². The predicted octanol–water partition coefficient (Wildman–Crippen LogP) is 1.68. The van der Waals surface area contributed by atoms with Crippen LogP contribution in [0, 0.1) is 11.6 Å². The lowest BCUT2D eigenvalue weighted by molar-refractivity contribution is 0.180. The van der Waals surface area contributed by atoms with Gasteiger partial charge in [0.2, 0.25) is 0 Å². The maximum absolute atomic E-state index is 13.5. The highest BCUT2D eigenvalue weighted by atomic mass is 32.2. The normalized spacial score (nSPS) is 12.9. The third-order valence-corrected chi connectivity index (χ3v) is 2.57. The highest BCUT2D eigenvalue weighted by Gasteiger charge is 2.16. The van der Waals surface area contributed by atoms with Crippen molar-refractivity contribution in [1.29, 1.82) is 0 Å². The van der Waals surface area contributed by atoms with Gasteiger partial charge in [0, 0.05) is 17.0 Å². The van der Waals surface area contributed by atoms with Gasteiger partial charge in [-0.25, -0.2) is 8.78 Å². The van der Waals surface area contributed by atoms with E-state index in [2.05, 4.69) is 0 Å². The van der Waals surface area contributed by atoms with Gasteiger partial charge < -0.3 is 10.8 Å². The molecule has 0 aliphatic carbocycles. The maximum Gasteiger partial charge on any atom is 0.142 e. The fraction of sp³-hybridized carbons (Fsp3) is 0.333. The van der Waals surface area contributed by atoms with Crippen molar-refractivity contribution in [2.75, 3.05) is 12.8 Å². The summed E-state index contributed by atoms with van der Waals surface area (Å²) in [4.78, 5) is 0.174. The molecule has 0 saturated carbocycles. The molecule has 2 nitrogen and oxygen atoms in total. The Bertz CT molecular complexity index is 333. The number of aliphatic hydroxyl groups excluding tert-OH is 1. The number of halogens is 2. The molecule has 14 heavy (non-hydrogen) atoms. The quantitative estimate of drug-likeness (QED) is 0.760. The van der Waals surface area contributed by atoms with Gasteiger partial charge in [-0.05, 0) is 18.4 Å². The molecule has 0 aromatic heterocycles. The summed E-state index contributed by atoms with van der Waals surface area (Å²) in [6.45, 7) is -0.131. The van der Waals surface area contributed by atoms with Gasteiger partial charge in [-0.1, -0.05) is 0 Å². The zero-order valence-electron chi connectivity index (χ0n) is 7.63. The van der Waals surface area contributed by atoms with E-state index in [0.717, 1.165) is 23.9 Å². The molecule has 0 aliphatic rings. The number of aliphatic hydroxyl groups is 1. The molecule has 78 valence electrons. The van der Waals surface area contributed by atoms with Gasteiger partial charge >= 0.3 is 0 Å². The van der Waals surface area contributed by atoms with E-state index in [-0.39, 0.29) is 17.0 Å². The summed E-state index contributed by atoms with van der Waals surface area (Å²) >= 11 is 1.08. The molecule has 0 amide bonds. The summed E-state index contributed by atoms with van der Waals surface area (Å²) < 4.78 is 26.4. The van der Waals surface area contributed by atoms with Crippen molar-refractivity contribution in [3.05, 3.63) is 29.3 Å². The van der Waals surface area contributed by atoms with Crippen LogP contribution in [0.4, 0.5) is 8.78 Å². The average Bonchev–Trinajstić information content (AvgIpc) is 2.19. The van der Waals surface area contributed by atoms with Crippen LogP contribution in [0.2, 0.25) is 0 Å². The molecule has 1 rings (SSSR count). The molecule has 1 atom stereocenters. The summed E-state index contributed by atoms with van der Waals surface area (Å²) in [6, 6.07) is 2.05. The van der Waals surface area contributed by atoms with E-state index in [9.17, 15) is 13.9 Å². The number of hydrogen-bond acceptors (Lipinski definition) is 3. The van der Waals surface area contributed by atoms with Crippen LogP contribution in [-0.4, -0.2) is 17.9 Å². The number of hydrogen-bond donors (Lipinski definition) is 2. The Kier molecular flexibility index (Phi) is 3.86. The lowest BCUT2D eigenvalue weighted by atomic mass is 10.1. The Labute approximate surface area is 85.1 Å². The Balaban J connectivity index is 3.21. The van der Waals surface area contributed by atoms with Crippen LogP contribution in [-0.2, 0) is 0 Å². The van der Waals surface area contributed by atoms with Crippen molar-refractivity contribution in [2.24, 2.45) is 5.73 Å². The fourth-order valence-electron chi connectivity index (χ4n) is 1.10. The molecule has 1 aromatic carbocycles. The Morgan fingerprint density at radius 1 is 1.50 bits per heavy atom. The van der Waals surface area contributed by atoms with Gasteiger partial charge in [-0.15, -0.1) is 11.8 Å². The number of thioether (sulfide) groups is 1. The second kappa shape index (κ2) is 4.72. The molecule has 0 aliphatic heterocycles. The lowest BCUT2D eigenvalue weighted by Gasteiger charge is -2.11. The summed E-state index contributed by atoms with van der Waals surface area (Å²) in [6.07, 6.45) is 0.479. The van der Waals surface area contributed by atoms with Crippen molar-refractivity contribution >= 4 is 11.8 Å². The summed E-state index contributed by atoms with van der Waals surface area (Å²) in [5.41, 5.74) is 5.08. The molecule has 0 bridgehead atoms. The average molecular weight is 219 g/mol. The van der Waals surface area contributed by atoms with Crippen LogP contribution in [0.3, 0.4) is 0 Å². The topological polar surface area (TPSA) is 46.2 Å². The second-order valence-electron chi connectivity index (χ2n) is 2.76. The summed E-state index contributed by atoms with van der Waals surface area (Å²) in [5.74, 6) is -1.17. The minimum Gasteiger partial charge on any atom is -0.387 e. The first kappa shape index (κ1) is 11.4. The molecule has 0 radical (unpaired) electrons. The monoisotopic (exact) mass is 219 g/mol. The van der Waals surface area contributed by atoms with Gasteiger partial charge in [-0.3, -0.25) is 0 Å². The molecular formula is C9H11F2NOS. The molecule has 0 heterocycles. The number of rotatable bonds is 3. The van der Waals surface area contributed by atoms with Crippen LogP contribution in [0.5, 0.6) is 0 Å². The van der Waals surface area contributed by atoms with E-state index in [1.165, 1.54) is 0 Å². The molecule has 0 spiro atoms. The van der Waals surface area contributed by atoms with Crippen molar-refractivity contribution < 1.29 is 13.9 Å². The first-order chi connectivity index (χ1) is 6.60. The van der Waals surface area contributed by atoms with Gasteiger partial charge in [0.1, 0.15) is 11.6 Å². The minimum absolute atomic E-state index is 0.0862. The van der Waals surface area contributed by atoms with E-state index >= 15 is 0 Å². The van der Waals surface area contributed by atoms with E-state index < -0.39 is 17.7 Å². The van der Waals surface area contributed by atoms with Crippen LogP contribution in [0.15, 0.2) is 17.0 Å². The van der Waals surface area contributed by atoms with Crippen LogP contribution >= 0.6 is 11.8 Å². The highest BCUT2D eigenvalue weighted by molar-refractivity contribution is 7.98. The maximum atomic E-state index is 13.5. The van der Waals surface area contributed by atoms with Crippen molar-refractivity contribution in [3.8, 4) is 0 Å². The van der Waals surface area contributed by atoms with Crippen LogP contribution in [0.1, 0.15) is 11.7 Å². The standard InChI is InChI=1S/C9H11F2NOS/c1-14-8-3-5(10)2-6(9(8)11)7(13)4-12/h2-3,7,13H,4,12H2,1H3. The zero-order valence-corrected chi connectivity index (χ0v) is 8.44. The molecular weight excluding hydrogens is 208 g/mol. The minimum atomic E-state index is -1.16. The lowest BCUT2D eigenvalue weighted by Crippen LogP contribution is -2.13. The van der Waals surface area contributed by atoms with E-state index in [1.807, 2.05) is 0 Å². The predicted molar refractivity (Wildman–Crippen MR) is 52.2 cm³/mol. The van der Waals surface area contributed by atoms with Crippen molar-refractivity contribution in [2.45, 2.75) is 11.0 Å². The fourth-order valence-corrected chi connectivity index (χ4v) is 1.63. The SMILES string of the molecule is CSc1cc(F)cc(C(O)CN)c1F. The third-order valence-electron chi connectivity index (χ3n) is 1.83. The Morgan fingerprint density at radius 3 is 2.64 bits per heavy atom. The molecule has 1 aromatic rings. The van der Waals surface area contributed by atoms with Gasteiger partial charge in [-0.2, -0.15) is 0 Å².